The van der Waals surface area contributed by atoms with Crippen molar-refractivity contribution < 1.29 is 19.7 Å². The molecular formula is C27H24ClN7O6. The maximum atomic E-state index is 12.7. The number of benzene rings is 3. The van der Waals surface area contributed by atoms with Crippen molar-refractivity contribution in [1.29, 1.82) is 0 Å². The van der Waals surface area contributed by atoms with Gasteiger partial charge in [0.25, 0.3) is 17.3 Å². The van der Waals surface area contributed by atoms with E-state index in [0.717, 1.165) is 50.1 Å². The molecule has 1 aliphatic heterocycles. The number of anilines is 1. The highest BCUT2D eigenvalue weighted by Crippen LogP contribution is 2.40. The Kier molecular flexibility index (Phi) is 7.64. The summed E-state index contributed by atoms with van der Waals surface area (Å²) in [7, 11) is 0. The van der Waals surface area contributed by atoms with Gasteiger partial charge in [-0.15, -0.1) is 10.2 Å². The van der Waals surface area contributed by atoms with E-state index in [4.69, 9.17) is 11.6 Å². The molecule has 5 rings (SSSR count). The monoisotopic (exact) mass is 577 g/mol. The normalized spacial score (nSPS) is 14.1. The fourth-order valence-corrected chi connectivity index (χ4v) is 4.96. The number of nitro benzene ring substituents is 2. The van der Waals surface area contributed by atoms with Crippen LogP contribution in [0.2, 0.25) is 5.02 Å². The number of halogens is 1. The summed E-state index contributed by atoms with van der Waals surface area (Å²) in [5.41, 5.74) is 1.29. The molecule has 1 aromatic heterocycles. The van der Waals surface area contributed by atoms with Gasteiger partial charge in [-0.25, -0.2) is 0 Å². The minimum absolute atomic E-state index is 0.0193. The lowest BCUT2D eigenvalue weighted by Crippen LogP contribution is -2.46. The molecule has 1 aliphatic rings. The van der Waals surface area contributed by atoms with Crippen molar-refractivity contribution >= 4 is 51.2 Å². The first-order valence-electron chi connectivity index (χ1n) is 12.6. The van der Waals surface area contributed by atoms with Gasteiger partial charge in [-0.2, -0.15) is 0 Å². The molecule has 1 fully saturated rings. The van der Waals surface area contributed by atoms with Crippen molar-refractivity contribution in [3.63, 3.8) is 0 Å². The standard InChI is InChI=1S/C27H24ClN7O6/c1-17-3-2-4-20(11-17)32-9-7-31(8-10-32)16-33-24-6-5-19(28)14-23(24)25(27(33)37)29-30-26(36)18-12-21(34(38)39)15-22(13-18)35(40)41/h2-6,11-15,37H,7-10,16H2,1H3. The third-order valence-corrected chi connectivity index (χ3v) is 7.10. The number of fused-ring (bicyclic) bond motifs is 1. The Balaban J connectivity index is 1.40. The summed E-state index contributed by atoms with van der Waals surface area (Å²) < 4.78 is 1.64. The van der Waals surface area contributed by atoms with Crippen molar-refractivity contribution in [3.05, 3.63) is 97.0 Å². The van der Waals surface area contributed by atoms with Crippen molar-refractivity contribution in [2.45, 2.75) is 13.6 Å². The van der Waals surface area contributed by atoms with Gasteiger partial charge in [0.1, 0.15) is 0 Å². The molecule has 0 bridgehead atoms. The first-order chi connectivity index (χ1) is 19.6. The number of rotatable bonds is 7. The van der Waals surface area contributed by atoms with Crippen LogP contribution in [0.4, 0.5) is 22.7 Å². The summed E-state index contributed by atoms with van der Waals surface area (Å²) in [6.07, 6.45) is 0. The van der Waals surface area contributed by atoms with Crippen molar-refractivity contribution in [3.8, 4) is 5.88 Å². The molecular weight excluding hydrogens is 554 g/mol. The third kappa shape index (κ3) is 5.85. The highest BCUT2D eigenvalue weighted by atomic mass is 35.5. The third-order valence-electron chi connectivity index (χ3n) is 6.86. The number of amides is 1. The zero-order valence-corrected chi connectivity index (χ0v) is 22.6. The molecule has 0 spiro atoms. The number of carbonyl (C=O) groups is 1. The van der Waals surface area contributed by atoms with Gasteiger partial charge in [0.05, 0.1) is 33.7 Å². The van der Waals surface area contributed by atoms with Crippen molar-refractivity contribution in [2.24, 2.45) is 10.2 Å². The van der Waals surface area contributed by atoms with Crippen LogP contribution < -0.4 is 4.90 Å². The lowest BCUT2D eigenvalue weighted by atomic mass is 10.1. The average Bonchev–Trinajstić information content (AvgIpc) is 3.21. The Hall–Kier alpha value is -4.88. The number of piperazine rings is 1. The lowest BCUT2D eigenvalue weighted by molar-refractivity contribution is -0.394. The predicted octanol–water partition coefficient (Wildman–Crippen LogP) is 5.83. The summed E-state index contributed by atoms with van der Waals surface area (Å²) in [4.78, 5) is 37.9. The average molecular weight is 578 g/mol. The van der Waals surface area contributed by atoms with Gasteiger partial charge in [0.15, 0.2) is 5.69 Å². The minimum atomic E-state index is -1.05. The van der Waals surface area contributed by atoms with Crippen molar-refractivity contribution in [1.82, 2.24) is 9.47 Å². The van der Waals surface area contributed by atoms with Gasteiger partial charge in [-0.05, 0) is 42.8 Å². The quantitative estimate of drug-likeness (QED) is 0.163. The summed E-state index contributed by atoms with van der Waals surface area (Å²) in [6.45, 7) is 5.47. The summed E-state index contributed by atoms with van der Waals surface area (Å²) in [5, 5.41) is 41.9. The Bertz CT molecular complexity index is 1680. The molecule has 1 N–H and O–H groups in total. The van der Waals surface area contributed by atoms with Gasteiger partial charge in [-0.1, -0.05) is 23.7 Å². The van der Waals surface area contributed by atoms with Crippen LogP contribution in [-0.2, 0) is 6.67 Å². The highest BCUT2D eigenvalue weighted by Gasteiger charge is 2.24. The lowest BCUT2D eigenvalue weighted by Gasteiger charge is -2.36. The number of nitro groups is 2. The van der Waals surface area contributed by atoms with E-state index in [-0.39, 0.29) is 17.1 Å². The van der Waals surface area contributed by atoms with E-state index in [1.54, 1.807) is 22.8 Å². The van der Waals surface area contributed by atoms with Gasteiger partial charge in [0.2, 0.25) is 5.88 Å². The van der Waals surface area contributed by atoms with Crippen LogP contribution in [0.3, 0.4) is 0 Å². The SMILES string of the molecule is Cc1cccc(N2CCN(Cn3c(O)c(N=NC(=O)c4cc([N+](=O)[O-])cc([N+](=O)[O-])c4)c4cc(Cl)ccc43)CC2)c1. The predicted molar refractivity (Wildman–Crippen MR) is 152 cm³/mol. The molecule has 4 aromatic rings. The molecule has 13 nitrogen and oxygen atoms in total. The van der Waals surface area contributed by atoms with E-state index < -0.39 is 27.1 Å². The Morgan fingerprint density at radius 2 is 1.66 bits per heavy atom. The molecule has 2 heterocycles. The summed E-state index contributed by atoms with van der Waals surface area (Å²) in [5.74, 6) is -1.30. The van der Waals surface area contributed by atoms with E-state index in [2.05, 4.69) is 45.2 Å². The number of aryl methyl sites for hydroxylation is 1. The van der Waals surface area contributed by atoms with Crippen LogP contribution in [0.25, 0.3) is 10.9 Å². The molecule has 41 heavy (non-hydrogen) atoms. The van der Waals surface area contributed by atoms with Gasteiger partial charge in [0, 0.05) is 54.4 Å². The minimum Gasteiger partial charge on any atom is -0.493 e. The Morgan fingerprint density at radius 3 is 2.29 bits per heavy atom. The molecule has 0 unspecified atom stereocenters. The van der Waals surface area contributed by atoms with Crippen LogP contribution in [0, 0.1) is 27.2 Å². The number of non-ortho nitro benzene ring substituents is 2. The number of nitrogens with zero attached hydrogens (tertiary/aromatic N) is 7. The van der Waals surface area contributed by atoms with Crippen LogP contribution >= 0.6 is 11.6 Å². The smallest absolute Gasteiger partial charge is 0.295 e. The topological polar surface area (TPSA) is 160 Å². The van der Waals surface area contributed by atoms with E-state index in [0.29, 0.717) is 22.6 Å². The van der Waals surface area contributed by atoms with E-state index in [1.807, 2.05) is 6.07 Å². The highest BCUT2D eigenvalue weighted by molar-refractivity contribution is 6.31. The van der Waals surface area contributed by atoms with E-state index >= 15 is 0 Å². The van der Waals surface area contributed by atoms with Gasteiger partial charge in [-0.3, -0.25) is 34.5 Å². The van der Waals surface area contributed by atoms with Crippen LogP contribution in [-0.4, -0.2) is 56.5 Å². The fraction of sp³-hybridized carbons (Fsp3) is 0.222. The molecule has 14 heteroatoms. The Labute approximate surface area is 238 Å². The molecule has 1 amide bonds. The van der Waals surface area contributed by atoms with Crippen LogP contribution in [0.5, 0.6) is 5.88 Å². The van der Waals surface area contributed by atoms with E-state index in [1.165, 1.54) is 5.56 Å². The zero-order valence-electron chi connectivity index (χ0n) is 21.8. The molecule has 0 radical (unpaired) electrons. The molecule has 1 saturated heterocycles. The van der Waals surface area contributed by atoms with E-state index in [9.17, 15) is 30.1 Å². The van der Waals surface area contributed by atoms with Gasteiger partial charge < -0.3 is 10.0 Å². The van der Waals surface area contributed by atoms with Crippen molar-refractivity contribution in [2.75, 3.05) is 31.1 Å². The summed E-state index contributed by atoms with van der Waals surface area (Å²) >= 11 is 6.21. The number of aromatic hydroxyl groups is 1. The molecule has 0 saturated carbocycles. The van der Waals surface area contributed by atoms with Crippen LogP contribution in [0.1, 0.15) is 15.9 Å². The second kappa shape index (κ2) is 11.3. The maximum Gasteiger partial charge on any atom is 0.295 e. The maximum absolute atomic E-state index is 12.7. The van der Waals surface area contributed by atoms with Crippen LogP contribution in [0.15, 0.2) is 70.9 Å². The number of aromatic nitrogens is 1. The first kappa shape index (κ1) is 27.7. The second-order valence-electron chi connectivity index (χ2n) is 9.60. The first-order valence-corrected chi connectivity index (χ1v) is 12.9. The molecule has 0 aliphatic carbocycles. The number of hydrogen-bond donors (Lipinski definition) is 1. The number of hydrogen-bond acceptors (Lipinski definition) is 9. The molecule has 0 atom stereocenters. The second-order valence-corrected chi connectivity index (χ2v) is 10.0. The largest absolute Gasteiger partial charge is 0.493 e. The van der Waals surface area contributed by atoms with Gasteiger partial charge >= 0.3 is 0 Å². The molecule has 210 valence electrons. The molecule has 3 aromatic carbocycles. The number of carbonyl (C=O) groups excluding carboxylic acids is 1. The fourth-order valence-electron chi connectivity index (χ4n) is 4.79. The number of azo groups is 1. The Morgan fingerprint density at radius 1 is 0.976 bits per heavy atom. The zero-order chi connectivity index (χ0) is 29.3. The summed E-state index contributed by atoms with van der Waals surface area (Å²) in [6, 6.07) is 15.8.